The number of carbonyl (C=O) groups excluding carboxylic acids is 1. The van der Waals surface area contributed by atoms with E-state index in [1.165, 1.54) is 0 Å². The molecule has 1 aliphatic rings. The highest BCUT2D eigenvalue weighted by Crippen LogP contribution is 2.39. The Morgan fingerprint density at radius 2 is 2.33 bits per heavy atom. The number of carboxylic acids is 1. The van der Waals surface area contributed by atoms with E-state index in [4.69, 9.17) is 4.52 Å². The van der Waals surface area contributed by atoms with E-state index >= 15 is 0 Å². The van der Waals surface area contributed by atoms with Crippen LogP contribution in [0.25, 0.3) is 0 Å². The molecule has 0 aromatic carbocycles. The molecule has 0 aliphatic carbocycles. The molecule has 6 heteroatoms. The molecule has 15 heavy (non-hydrogen) atoms. The molecule has 1 unspecified atom stereocenters. The Labute approximate surface area is 89.9 Å². The zero-order valence-electron chi connectivity index (χ0n) is 9.19. The van der Waals surface area contributed by atoms with E-state index in [0.717, 1.165) is 17.9 Å². The molecular formula is C9H18NO4P. The van der Waals surface area contributed by atoms with Crippen molar-refractivity contribution in [2.24, 2.45) is 0 Å². The Morgan fingerprint density at radius 1 is 1.67 bits per heavy atom. The molecule has 0 amide bonds. The second-order valence-electron chi connectivity index (χ2n) is 4.01. The highest BCUT2D eigenvalue weighted by Gasteiger charge is 2.34. The number of hydrogen-bond acceptors (Lipinski definition) is 4. The van der Waals surface area contributed by atoms with Crippen molar-refractivity contribution in [3.63, 3.8) is 0 Å². The SMILES string of the molecule is CCO[P@@](C)(=O)C[NH+]1CCC[C@@H]1C(=O)[O-]. The van der Waals surface area contributed by atoms with Crippen molar-refractivity contribution < 1.29 is 23.9 Å². The second kappa shape index (κ2) is 5.10. The Bertz CT molecular complexity index is 281. The first kappa shape index (κ1) is 12.7. The van der Waals surface area contributed by atoms with E-state index in [-0.39, 0.29) is 0 Å². The van der Waals surface area contributed by atoms with Crippen LogP contribution >= 0.6 is 7.37 Å². The fraction of sp³-hybridized carbons (Fsp3) is 0.889. The summed E-state index contributed by atoms with van der Waals surface area (Å²) in [5.74, 6) is -1.04. The molecule has 1 heterocycles. The normalized spacial score (nSPS) is 30.0. The summed E-state index contributed by atoms with van der Waals surface area (Å²) in [5, 5.41) is 10.8. The molecule has 1 rings (SSSR count). The van der Waals surface area contributed by atoms with E-state index in [9.17, 15) is 14.5 Å². The number of carbonyl (C=O) groups is 1. The maximum absolute atomic E-state index is 11.9. The average Bonchev–Trinajstić information content (AvgIpc) is 2.50. The first-order valence-electron chi connectivity index (χ1n) is 5.23. The van der Waals surface area contributed by atoms with Crippen molar-refractivity contribution in [3.05, 3.63) is 0 Å². The van der Waals surface area contributed by atoms with Gasteiger partial charge in [-0.05, 0) is 6.92 Å². The van der Waals surface area contributed by atoms with Crippen LogP contribution in [0.15, 0.2) is 0 Å². The Hall–Kier alpha value is -0.380. The topological polar surface area (TPSA) is 70.9 Å². The summed E-state index contributed by atoms with van der Waals surface area (Å²) in [6.45, 7) is 4.49. The van der Waals surface area contributed by atoms with Gasteiger partial charge in [-0.2, -0.15) is 0 Å². The molecule has 0 radical (unpaired) electrons. The molecule has 0 aromatic heterocycles. The van der Waals surface area contributed by atoms with E-state index in [0.29, 0.717) is 19.3 Å². The third-order valence-corrected chi connectivity index (χ3v) is 4.45. The minimum absolute atomic E-state index is 0.291. The Balaban J connectivity index is 2.57. The maximum Gasteiger partial charge on any atom is 0.252 e. The number of aliphatic carboxylic acids is 1. The third kappa shape index (κ3) is 3.59. The van der Waals surface area contributed by atoms with E-state index in [1.807, 2.05) is 0 Å². The molecule has 0 spiro atoms. The number of rotatable bonds is 5. The quantitative estimate of drug-likeness (QED) is 0.600. The Morgan fingerprint density at radius 3 is 2.87 bits per heavy atom. The van der Waals surface area contributed by atoms with Crippen LogP contribution in [-0.2, 0) is 13.9 Å². The number of nitrogens with one attached hydrogen (secondary N) is 1. The van der Waals surface area contributed by atoms with Crippen LogP contribution < -0.4 is 10.0 Å². The predicted molar refractivity (Wildman–Crippen MR) is 53.9 cm³/mol. The van der Waals surface area contributed by atoms with Crippen molar-refractivity contribution in [1.82, 2.24) is 0 Å². The van der Waals surface area contributed by atoms with Gasteiger partial charge in [-0.25, -0.2) is 0 Å². The standard InChI is InChI=1S/C9H18NO4P/c1-3-14-15(2,13)7-10-6-4-5-8(10)9(11)12/h8H,3-7H2,1-2H3,(H,11,12)/t8-,15-/m1/s1. The minimum atomic E-state index is -2.65. The predicted octanol–water partition coefficient (Wildman–Crippen LogP) is -1.31. The Kier molecular flexibility index (Phi) is 4.32. The number of hydrogen-bond donors (Lipinski definition) is 1. The van der Waals surface area contributed by atoms with Crippen LogP contribution in [0.3, 0.4) is 0 Å². The van der Waals surface area contributed by atoms with Crippen LogP contribution in [0.2, 0.25) is 0 Å². The highest BCUT2D eigenvalue weighted by atomic mass is 31.2. The maximum atomic E-state index is 11.9. The van der Waals surface area contributed by atoms with Gasteiger partial charge < -0.3 is 19.3 Å². The van der Waals surface area contributed by atoms with Gasteiger partial charge in [0.2, 0.25) is 0 Å². The van der Waals surface area contributed by atoms with E-state index in [1.54, 1.807) is 13.6 Å². The highest BCUT2D eigenvalue weighted by molar-refractivity contribution is 7.57. The monoisotopic (exact) mass is 235 g/mol. The summed E-state index contributed by atoms with van der Waals surface area (Å²) in [6.07, 6.45) is 1.75. The first-order valence-corrected chi connectivity index (χ1v) is 7.48. The third-order valence-electron chi connectivity index (χ3n) is 2.66. The van der Waals surface area contributed by atoms with Gasteiger partial charge in [0.05, 0.1) is 19.1 Å². The van der Waals surface area contributed by atoms with Gasteiger partial charge in [0.25, 0.3) is 7.37 Å². The van der Waals surface area contributed by atoms with Crippen LogP contribution in [0.1, 0.15) is 19.8 Å². The van der Waals surface area contributed by atoms with Gasteiger partial charge in [-0.15, -0.1) is 0 Å². The van der Waals surface area contributed by atoms with Gasteiger partial charge in [0.15, 0.2) is 6.29 Å². The van der Waals surface area contributed by atoms with Crippen LogP contribution in [0.5, 0.6) is 0 Å². The van der Waals surface area contributed by atoms with Gasteiger partial charge in [-0.1, -0.05) is 0 Å². The molecule has 0 aromatic rings. The van der Waals surface area contributed by atoms with Crippen molar-refractivity contribution in [1.29, 1.82) is 0 Å². The van der Waals surface area contributed by atoms with E-state index < -0.39 is 19.4 Å². The van der Waals surface area contributed by atoms with Crippen LogP contribution in [0, 0.1) is 0 Å². The minimum Gasteiger partial charge on any atom is -0.544 e. The lowest BCUT2D eigenvalue weighted by Crippen LogP contribution is -3.15. The zero-order chi connectivity index (χ0) is 11.5. The average molecular weight is 235 g/mol. The number of likely N-dealkylation sites (tertiary alicyclic amines) is 1. The largest absolute Gasteiger partial charge is 0.544 e. The molecule has 1 N–H and O–H groups in total. The first-order chi connectivity index (χ1) is 6.96. The smallest absolute Gasteiger partial charge is 0.252 e. The molecule has 88 valence electrons. The lowest BCUT2D eigenvalue weighted by atomic mass is 10.2. The summed E-state index contributed by atoms with van der Waals surface area (Å²) >= 11 is 0. The van der Waals surface area contributed by atoms with Gasteiger partial charge in [0.1, 0.15) is 6.04 Å². The zero-order valence-corrected chi connectivity index (χ0v) is 10.1. The van der Waals surface area contributed by atoms with Crippen molar-refractivity contribution in [3.8, 4) is 0 Å². The summed E-state index contributed by atoms with van der Waals surface area (Å²) in [7, 11) is -2.65. The lowest BCUT2D eigenvalue weighted by molar-refractivity contribution is -0.894. The number of carboxylic acid groups (broad SMARTS) is 1. The molecule has 0 saturated carbocycles. The summed E-state index contributed by atoms with van der Waals surface area (Å²) in [6, 6.07) is -0.515. The molecule has 1 fully saturated rings. The molecule has 3 atom stereocenters. The summed E-state index contributed by atoms with van der Waals surface area (Å²) < 4.78 is 17.0. The summed E-state index contributed by atoms with van der Waals surface area (Å²) in [5.41, 5.74) is 0. The molecule has 1 saturated heterocycles. The van der Waals surface area contributed by atoms with Gasteiger partial charge in [-0.3, -0.25) is 4.57 Å². The second-order valence-corrected chi connectivity index (χ2v) is 6.61. The molecule has 5 nitrogen and oxygen atoms in total. The fourth-order valence-corrected chi connectivity index (χ4v) is 3.83. The van der Waals surface area contributed by atoms with Crippen molar-refractivity contribution in [2.75, 3.05) is 26.1 Å². The van der Waals surface area contributed by atoms with Gasteiger partial charge >= 0.3 is 0 Å². The van der Waals surface area contributed by atoms with Crippen molar-refractivity contribution in [2.45, 2.75) is 25.8 Å². The van der Waals surface area contributed by atoms with Crippen molar-refractivity contribution >= 4 is 13.3 Å². The van der Waals surface area contributed by atoms with Crippen LogP contribution in [-0.4, -0.2) is 38.1 Å². The molecule has 0 bridgehead atoms. The van der Waals surface area contributed by atoms with E-state index in [2.05, 4.69) is 0 Å². The molecular weight excluding hydrogens is 217 g/mol. The number of quaternary nitrogens is 1. The summed E-state index contributed by atoms with van der Waals surface area (Å²) in [4.78, 5) is 11.6. The van der Waals surface area contributed by atoms with Gasteiger partial charge in [0, 0.05) is 19.5 Å². The lowest BCUT2D eigenvalue weighted by Gasteiger charge is -2.24. The van der Waals surface area contributed by atoms with Crippen LogP contribution in [0.4, 0.5) is 0 Å². The fourth-order valence-electron chi connectivity index (χ4n) is 2.07. The molecule has 1 aliphatic heterocycles.